The fraction of sp³-hybridized carbons (Fsp3) is 0.120. The second-order valence-electron chi connectivity index (χ2n) is 7.25. The molecule has 0 radical (unpaired) electrons. The summed E-state index contributed by atoms with van der Waals surface area (Å²) in [6, 6.07) is 23.5. The van der Waals surface area contributed by atoms with Crippen LogP contribution in [0.5, 0.6) is 0 Å². The Kier molecular flexibility index (Phi) is 5.25. The summed E-state index contributed by atoms with van der Waals surface area (Å²) >= 11 is 0. The monoisotopic (exact) mass is 381 g/mol. The molecule has 4 aromatic rings. The first kappa shape index (κ1) is 18.7. The summed E-state index contributed by atoms with van der Waals surface area (Å²) in [5.74, 6) is 0.0320. The zero-order valence-corrected chi connectivity index (χ0v) is 16.5. The molecule has 0 aliphatic rings. The van der Waals surface area contributed by atoms with Crippen LogP contribution in [0.25, 0.3) is 22.4 Å². The third-order valence-electron chi connectivity index (χ3n) is 4.88. The molecule has 0 bridgehead atoms. The minimum atomic E-state index is -0.120. The van der Waals surface area contributed by atoms with Crippen LogP contribution >= 0.6 is 0 Å². The first-order valence-electron chi connectivity index (χ1n) is 9.73. The van der Waals surface area contributed by atoms with E-state index >= 15 is 0 Å². The standard InChI is InChI=1S/C25H23N3O/c1-17(2)23-22(25(29)27-20-13-7-4-8-14-20)21(18-10-5-3-6-11-18)24(28-23)19-12-9-15-26-16-19/h3-17,28H,1-2H3,(H,27,29). The molecule has 0 unspecified atom stereocenters. The van der Waals surface area contributed by atoms with Gasteiger partial charge < -0.3 is 10.3 Å². The number of aromatic nitrogens is 2. The molecule has 2 N–H and O–H groups in total. The van der Waals surface area contributed by atoms with Gasteiger partial charge in [-0.15, -0.1) is 0 Å². The maximum atomic E-state index is 13.4. The molecule has 0 atom stereocenters. The van der Waals surface area contributed by atoms with Crippen molar-refractivity contribution in [2.45, 2.75) is 19.8 Å². The molecule has 0 spiro atoms. The van der Waals surface area contributed by atoms with Crippen LogP contribution in [0, 0.1) is 0 Å². The fourth-order valence-electron chi connectivity index (χ4n) is 3.52. The third-order valence-corrected chi connectivity index (χ3v) is 4.88. The van der Waals surface area contributed by atoms with Crippen LogP contribution in [-0.2, 0) is 0 Å². The van der Waals surface area contributed by atoms with E-state index in [1.807, 2.05) is 79.0 Å². The molecule has 0 saturated carbocycles. The van der Waals surface area contributed by atoms with Gasteiger partial charge in [0, 0.05) is 34.9 Å². The van der Waals surface area contributed by atoms with E-state index in [2.05, 4.69) is 29.1 Å². The van der Waals surface area contributed by atoms with E-state index in [-0.39, 0.29) is 11.8 Å². The van der Waals surface area contributed by atoms with Gasteiger partial charge in [0.2, 0.25) is 0 Å². The van der Waals surface area contributed by atoms with Crippen molar-refractivity contribution in [2.75, 3.05) is 5.32 Å². The number of amides is 1. The van der Waals surface area contributed by atoms with Gasteiger partial charge in [-0.05, 0) is 35.7 Å². The Morgan fingerprint density at radius 3 is 2.17 bits per heavy atom. The minimum Gasteiger partial charge on any atom is -0.357 e. The average Bonchev–Trinajstić information content (AvgIpc) is 3.17. The molecule has 0 aliphatic heterocycles. The average molecular weight is 381 g/mol. The van der Waals surface area contributed by atoms with E-state index in [0.29, 0.717) is 5.56 Å². The summed E-state index contributed by atoms with van der Waals surface area (Å²) in [7, 11) is 0. The van der Waals surface area contributed by atoms with Crippen LogP contribution < -0.4 is 5.32 Å². The lowest BCUT2D eigenvalue weighted by Crippen LogP contribution is -2.14. The highest BCUT2D eigenvalue weighted by Gasteiger charge is 2.26. The molecule has 144 valence electrons. The molecule has 0 aliphatic carbocycles. The number of hydrogen-bond acceptors (Lipinski definition) is 2. The van der Waals surface area contributed by atoms with Gasteiger partial charge in [0.15, 0.2) is 0 Å². The largest absolute Gasteiger partial charge is 0.357 e. The SMILES string of the molecule is CC(C)c1[nH]c(-c2cccnc2)c(-c2ccccc2)c1C(=O)Nc1ccccc1. The zero-order chi connectivity index (χ0) is 20.2. The predicted octanol–water partition coefficient (Wildman–Crippen LogP) is 6.12. The Morgan fingerprint density at radius 2 is 1.55 bits per heavy atom. The molecule has 2 heterocycles. The highest BCUT2D eigenvalue weighted by atomic mass is 16.1. The van der Waals surface area contributed by atoms with Crippen LogP contribution in [0.4, 0.5) is 5.69 Å². The number of anilines is 1. The van der Waals surface area contributed by atoms with Crippen LogP contribution in [0.1, 0.15) is 35.8 Å². The Hall–Kier alpha value is -3.66. The van der Waals surface area contributed by atoms with Gasteiger partial charge in [0.25, 0.3) is 5.91 Å². The van der Waals surface area contributed by atoms with Crippen molar-refractivity contribution in [3.8, 4) is 22.4 Å². The number of carbonyl (C=O) groups excluding carboxylic acids is 1. The van der Waals surface area contributed by atoms with Crippen molar-refractivity contribution in [1.82, 2.24) is 9.97 Å². The Morgan fingerprint density at radius 1 is 0.897 bits per heavy atom. The Labute approximate surface area is 170 Å². The smallest absolute Gasteiger partial charge is 0.258 e. The van der Waals surface area contributed by atoms with Crippen LogP contribution in [0.3, 0.4) is 0 Å². The number of H-pyrrole nitrogens is 1. The first-order valence-corrected chi connectivity index (χ1v) is 9.73. The summed E-state index contributed by atoms with van der Waals surface area (Å²) in [5.41, 5.74) is 6.11. The summed E-state index contributed by atoms with van der Waals surface area (Å²) in [4.78, 5) is 21.2. The van der Waals surface area contributed by atoms with Gasteiger partial charge in [-0.2, -0.15) is 0 Å². The summed E-state index contributed by atoms with van der Waals surface area (Å²) < 4.78 is 0. The Bertz CT molecular complexity index is 1100. The summed E-state index contributed by atoms with van der Waals surface area (Å²) in [6.07, 6.45) is 3.57. The van der Waals surface area contributed by atoms with E-state index in [1.54, 1.807) is 6.20 Å². The fourth-order valence-corrected chi connectivity index (χ4v) is 3.52. The lowest BCUT2D eigenvalue weighted by Gasteiger charge is -2.11. The number of para-hydroxylation sites is 1. The molecule has 4 nitrogen and oxygen atoms in total. The van der Waals surface area contributed by atoms with Crippen molar-refractivity contribution < 1.29 is 4.79 Å². The quantitative estimate of drug-likeness (QED) is 0.437. The normalized spacial score (nSPS) is 10.9. The van der Waals surface area contributed by atoms with E-state index in [1.165, 1.54) is 0 Å². The zero-order valence-electron chi connectivity index (χ0n) is 16.5. The van der Waals surface area contributed by atoms with Gasteiger partial charge in [-0.25, -0.2) is 0 Å². The van der Waals surface area contributed by atoms with Crippen LogP contribution in [0.15, 0.2) is 85.2 Å². The third kappa shape index (κ3) is 3.83. The van der Waals surface area contributed by atoms with E-state index in [4.69, 9.17) is 0 Å². The number of rotatable bonds is 5. The minimum absolute atomic E-state index is 0.120. The predicted molar refractivity (Wildman–Crippen MR) is 118 cm³/mol. The number of carbonyl (C=O) groups is 1. The number of nitrogens with zero attached hydrogens (tertiary/aromatic N) is 1. The highest BCUT2D eigenvalue weighted by Crippen LogP contribution is 2.39. The maximum absolute atomic E-state index is 13.4. The molecular weight excluding hydrogens is 358 g/mol. The molecular formula is C25H23N3O. The lowest BCUT2D eigenvalue weighted by atomic mass is 9.94. The van der Waals surface area contributed by atoms with Gasteiger partial charge in [0.1, 0.15) is 0 Å². The van der Waals surface area contributed by atoms with Crippen LogP contribution in [-0.4, -0.2) is 15.9 Å². The first-order chi connectivity index (χ1) is 14.1. The van der Waals surface area contributed by atoms with Gasteiger partial charge >= 0.3 is 0 Å². The van der Waals surface area contributed by atoms with Crippen LogP contribution in [0.2, 0.25) is 0 Å². The van der Waals surface area contributed by atoms with Crippen molar-refractivity contribution in [1.29, 1.82) is 0 Å². The lowest BCUT2D eigenvalue weighted by molar-refractivity contribution is 0.102. The van der Waals surface area contributed by atoms with Crippen molar-refractivity contribution >= 4 is 11.6 Å². The molecule has 0 fully saturated rings. The molecule has 1 amide bonds. The van der Waals surface area contributed by atoms with Gasteiger partial charge in [-0.3, -0.25) is 9.78 Å². The number of hydrogen-bond donors (Lipinski definition) is 2. The van der Waals surface area contributed by atoms with Crippen molar-refractivity contribution in [3.63, 3.8) is 0 Å². The number of aromatic amines is 1. The molecule has 0 saturated heterocycles. The molecule has 29 heavy (non-hydrogen) atoms. The topological polar surface area (TPSA) is 57.8 Å². The number of pyridine rings is 1. The highest BCUT2D eigenvalue weighted by molar-refractivity contribution is 6.12. The molecule has 4 heteroatoms. The van der Waals surface area contributed by atoms with Gasteiger partial charge in [0.05, 0.1) is 11.3 Å². The maximum Gasteiger partial charge on any atom is 0.258 e. The number of nitrogens with one attached hydrogen (secondary N) is 2. The second-order valence-corrected chi connectivity index (χ2v) is 7.25. The molecule has 4 rings (SSSR count). The second kappa shape index (κ2) is 8.15. The number of benzene rings is 2. The molecule has 2 aromatic heterocycles. The summed E-state index contributed by atoms with van der Waals surface area (Å²) in [6.45, 7) is 4.18. The van der Waals surface area contributed by atoms with E-state index < -0.39 is 0 Å². The summed E-state index contributed by atoms with van der Waals surface area (Å²) in [5, 5.41) is 3.05. The van der Waals surface area contributed by atoms with E-state index in [9.17, 15) is 4.79 Å². The Balaban J connectivity index is 1.93. The van der Waals surface area contributed by atoms with Crippen molar-refractivity contribution in [2.24, 2.45) is 0 Å². The van der Waals surface area contributed by atoms with Gasteiger partial charge in [-0.1, -0.05) is 62.4 Å². The van der Waals surface area contributed by atoms with Crippen molar-refractivity contribution in [3.05, 3.63) is 96.4 Å². The van der Waals surface area contributed by atoms with E-state index in [0.717, 1.165) is 33.8 Å². The molecule has 2 aromatic carbocycles.